The average molecular weight is 373 g/mol. The third-order valence-electron chi connectivity index (χ3n) is 2.74. The summed E-state index contributed by atoms with van der Waals surface area (Å²) in [6.07, 6.45) is 0. The van der Waals surface area contributed by atoms with Gasteiger partial charge in [0.25, 0.3) is 5.69 Å². The van der Waals surface area contributed by atoms with Gasteiger partial charge in [-0.1, -0.05) is 23.7 Å². The van der Waals surface area contributed by atoms with Crippen molar-refractivity contribution in [2.75, 3.05) is 7.11 Å². The molecule has 2 aromatic rings. The molecule has 0 radical (unpaired) electrons. The summed E-state index contributed by atoms with van der Waals surface area (Å²) >= 11 is 9.15. The maximum absolute atomic E-state index is 10.9. The van der Waals surface area contributed by atoms with Crippen LogP contribution in [0.25, 0.3) is 0 Å². The second-order valence-electron chi connectivity index (χ2n) is 4.10. The first-order chi connectivity index (χ1) is 10.0. The number of nitrogens with zero attached hydrogens (tertiary/aromatic N) is 1. The molecule has 21 heavy (non-hydrogen) atoms. The molecule has 0 spiro atoms. The first-order valence-corrected chi connectivity index (χ1v) is 7.08. The molecule has 0 N–H and O–H groups in total. The Balaban J connectivity index is 2.21. The Bertz CT molecular complexity index is 678. The van der Waals surface area contributed by atoms with Crippen molar-refractivity contribution in [1.82, 2.24) is 0 Å². The first-order valence-electron chi connectivity index (χ1n) is 5.91. The van der Waals surface area contributed by atoms with Crippen LogP contribution >= 0.6 is 27.5 Å². The van der Waals surface area contributed by atoms with Crippen LogP contribution < -0.4 is 9.47 Å². The van der Waals surface area contributed by atoms with Crippen LogP contribution in [-0.2, 0) is 6.61 Å². The van der Waals surface area contributed by atoms with E-state index in [1.807, 2.05) is 12.1 Å². The van der Waals surface area contributed by atoms with E-state index >= 15 is 0 Å². The van der Waals surface area contributed by atoms with Crippen LogP contribution in [0, 0.1) is 10.1 Å². The molecule has 0 aromatic heterocycles. The summed E-state index contributed by atoms with van der Waals surface area (Å²) in [5.41, 5.74) is 0.501. The molecule has 0 aliphatic heterocycles. The van der Waals surface area contributed by atoms with Gasteiger partial charge in [-0.15, -0.1) is 0 Å². The molecule has 0 heterocycles. The predicted molar refractivity (Wildman–Crippen MR) is 83.1 cm³/mol. The topological polar surface area (TPSA) is 61.6 Å². The number of methoxy groups -OCH3 is 1. The van der Waals surface area contributed by atoms with Gasteiger partial charge < -0.3 is 9.47 Å². The fraction of sp³-hybridized carbons (Fsp3) is 0.143. The van der Waals surface area contributed by atoms with E-state index in [0.29, 0.717) is 17.1 Å². The summed E-state index contributed by atoms with van der Waals surface area (Å²) in [4.78, 5) is 10.3. The summed E-state index contributed by atoms with van der Waals surface area (Å²) in [6, 6.07) is 9.97. The van der Waals surface area contributed by atoms with Crippen molar-refractivity contribution >= 4 is 33.2 Å². The second kappa shape index (κ2) is 6.78. The quantitative estimate of drug-likeness (QED) is 0.568. The maximum Gasteiger partial charge on any atom is 0.288 e. The van der Waals surface area contributed by atoms with Gasteiger partial charge >= 0.3 is 0 Å². The Labute approximate surface area is 134 Å². The van der Waals surface area contributed by atoms with Gasteiger partial charge in [-0.2, -0.15) is 0 Å². The van der Waals surface area contributed by atoms with Crippen LogP contribution in [0.3, 0.4) is 0 Å². The van der Waals surface area contributed by atoms with E-state index in [4.69, 9.17) is 21.1 Å². The van der Waals surface area contributed by atoms with Crippen LogP contribution in [0.15, 0.2) is 40.9 Å². The lowest BCUT2D eigenvalue weighted by molar-refractivity contribution is -0.384. The number of halogens is 2. The largest absolute Gasteiger partial charge is 0.493 e. The van der Waals surface area contributed by atoms with E-state index in [0.717, 1.165) is 4.47 Å². The van der Waals surface area contributed by atoms with Gasteiger partial charge in [0.05, 0.1) is 16.5 Å². The molecule has 0 saturated carbocycles. The van der Waals surface area contributed by atoms with Crippen LogP contribution in [0.1, 0.15) is 5.56 Å². The lowest BCUT2D eigenvalue weighted by Crippen LogP contribution is -1.99. The number of hydrogen-bond acceptors (Lipinski definition) is 4. The van der Waals surface area contributed by atoms with Gasteiger partial charge in [-0.3, -0.25) is 10.1 Å². The molecule has 0 fully saturated rings. The molecule has 5 nitrogen and oxygen atoms in total. The van der Waals surface area contributed by atoms with Crippen molar-refractivity contribution in [1.29, 1.82) is 0 Å². The number of nitro groups is 1. The van der Waals surface area contributed by atoms with Gasteiger partial charge in [0.1, 0.15) is 11.6 Å². The van der Waals surface area contributed by atoms with Crippen LogP contribution in [-0.4, -0.2) is 12.0 Å². The molecule has 0 aliphatic carbocycles. The highest BCUT2D eigenvalue weighted by Crippen LogP contribution is 2.35. The first kappa shape index (κ1) is 15.6. The van der Waals surface area contributed by atoms with Crippen molar-refractivity contribution in [3.05, 3.63) is 61.6 Å². The zero-order valence-corrected chi connectivity index (χ0v) is 13.3. The smallest absolute Gasteiger partial charge is 0.288 e. The van der Waals surface area contributed by atoms with E-state index in [-0.39, 0.29) is 17.3 Å². The fourth-order valence-electron chi connectivity index (χ4n) is 1.73. The molecule has 0 atom stereocenters. The number of ether oxygens (including phenoxy) is 2. The SMILES string of the molecule is COc1cccc(Br)c1OCc1ccc(Cl)c([N+](=O)[O-])c1. The van der Waals surface area contributed by atoms with Gasteiger partial charge in [-0.05, 0) is 39.7 Å². The normalized spacial score (nSPS) is 10.2. The van der Waals surface area contributed by atoms with Crippen molar-refractivity contribution in [2.24, 2.45) is 0 Å². The molecule has 0 amide bonds. The van der Waals surface area contributed by atoms with Crippen molar-refractivity contribution in [3.63, 3.8) is 0 Å². The van der Waals surface area contributed by atoms with Crippen molar-refractivity contribution in [3.8, 4) is 11.5 Å². The molecular formula is C14H11BrClNO4. The molecule has 2 aromatic carbocycles. The minimum atomic E-state index is -0.523. The number of benzene rings is 2. The standard InChI is InChI=1S/C14H11BrClNO4/c1-20-13-4-2-3-10(15)14(13)21-8-9-5-6-11(16)12(7-9)17(18)19/h2-7H,8H2,1H3. The lowest BCUT2D eigenvalue weighted by atomic mass is 10.2. The molecular weight excluding hydrogens is 362 g/mol. The molecule has 110 valence electrons. The van der Waals surface area contributed by atoms with E-state index < -0.39 is 4.92 Å². The Morgan fingerprint density at radius 1 is 1.33 bits per heavy atom. The van der Waals surface area contributed by atoms with Gasteiger partial charge in [-0.25, -0.2) is 0 Å². The lowest BCUT2D eigenvalue weighted by Gasteiger charge is -2.12. The molecule has 0 aliphatic rings. The molecule has 0 saturated heterocycles. The number of hydrogen-bond donors (Lipinski definition) is 0. The van der Waals surface area contributed by atoms with E-state index in [1.165, 1.54) is 12.1 Å². The Hall–Kier alpha value is -1.79. The molecule has 0 unspecified atom stereocenters. The number of nitro benzene ring substituents is 1. The monoisotopic (exact) mass is 371 g/mol. The minimum Gasteiger partial charge on any atom is -0.493 e. The predicted octanol–water partition coefficient (Wildman–Crippen LogP) is 4.60. The zero-order valence-electron chi connectivity index (χ0n) is 11.0. The second-order valence-corrected chi connectivity index (χ2v) is 5.36. The number of rotatable bonds is 5. The van der Waals surface area contributed by atoms with Crippen LogP contribution in [0.2, 0.25) is 5.02 Å². The third kappa shape index (κ3) is 3.65. The van der Waals surface area contributed by atoms with E-state index in [1.54, 1.807) is 19.2 Å². The Kier molecular flexibility index (Phi) is 5.03. The summed E-state index contributed by atoms with van der Waals surface area (Å²) < 4.78 is 11.6. The summed E-state index contributed by atoms with van der Waals surface area (Å²) in [5, 5.41) is 11.0. The van der Waals surface area contributed by atoms with Crippen molar-refractivity contribution in [2.45, 2.75) is 6.61 Å². The van der Waals surface area contributed by atoms with Crippen LogP contribution in [0.5, 0.6) is 11.5 Å². The Morgan fingerprint density at radius 3 is 2.76 bits per heavy atom. The highest BCUT2D eigenvalue weighted by Gasteiger charge is 2.14. The molecule has 2 rings (SSSR count). The maximum atomic E-state index is 10.9. The highest BCUT2D eigenvalue weighted by molar-refractivity contribution is 9.10. The third-order valence-corrected chi connectivity index (χ3v) is 3.69. The molecule has 0 bridgehead atoms. The van der Waals surface area contributed by atoms with Gasteiger partial charge in [0, 0.05) is 6.07 Å². The summed E-state index contributed by atoms with van der Waals surface area (Å²) in [6.45, 7) is 0.164. The van der Waals surface area contributed by atoms with Crippen LogP contribution in [0.4, 0.5) is 5.69 Å². The fourth-order valence-corrected chi connectivity index (χ4v) is 2.38. The van der Waals surface area contributed by atoms with Gasteiger partial charge in [0.15, 0.2) is 11.5 Å². The molecule has 7 heteroatoms. The van der Waals surface area contributed by atoms with Gasteiger partial charge in [0.2, 0.25) is 0 Å². The summed E-state index contributed by atoms with van der Waals surface area (Å²) in [5.74, 6) is 1.12. The number of para-hydroxylation sites is 1. The highest BCUT2D eigenvalue weighted by atomic mass is 79.9. The minimum absolute atomic E-state index is 0.0993. The summed E-state index contributed by atoms with van der Waals surface area (Å²) in [7, 11) is 1.54. The Morgan fingerprint density at radius 2 is 2.10 bits per heavy atom. The zero-order chi connectivity index (χ0) is 15.4. The van der Waals surface area contributed by atoms with E-state index in [2.05, 4.69) is 15.9 Å². The van der Waals surface area contributed by atoms with E-state index in [9.17, 15) is 10.1 Å². The van der Waals surface area contributed by atoms with Crippen molar-refractivity contribution < 1.29 is 14.4 Å². The average Bonchev–Trinajstić information content (AvgIpc) is 2.46.